The highest BCUT2D eigenvalue weighted by Crippen LogP contribution is 2.37. The van der Waals surface area contributed by atoms with Crippen LogP contribution in [-0.2, 0) is 4.74 Å². The van der Waals surface area contributed by atoms with Crippen molar-refractivity contribution in [1.82, 2.24) is 19.9 Å². The summed E-state index contributed by atoms with van der Waals surface area (Å²) in [4.78, 5) is 27.2. The number of fused-ring (bicyclic) bond motifs is 2. The number of likely N-dealkylation sites (N-methyl/N-ethyl adjacent to an activating group) is 1. The van der Waals surface area contributed by atoms with Crippen LogP contribution >= 0.6 is 0 Å². The molecule has 0 amide bonds. The number of nitrogens with one attached hydrogen (secondary N) is 2. The summed E-state index contributed by atoms with van der Waals surface area (Å²) < 4.78 is 42.8. The lowest BCUT2D eigenvalue weighted by atomic mass is 9.96. The Hall–Kier alpha value is -4.27. The summed E-state index contributed by atoms with van der Waals surface area (Å²) in [6.07, 6.45) is 7.96. The second-order valence-corrected chi connectivity index (χ2v) is 10.6. The number of nitrogens with zero attached hydrogens (tertiary/aromatic N) is 3. The van der Waals surface area contributed by atoms with Crippen molar-refractivity contribution in [2.24, 2.45) is 0 Å². The molecule has 4 heterocycles. The SMILES string of the molecule is C#Cc1c(F)ccc2cc(O)cc(-c3[nH]c(=O)c4c(NC5CCOC5)nc(O[C@@H](C)[C@@H]5CCCN5C)nc4c3F)c12. The van der Waals surface area contributed by atoms with Gasteiger partial charge in [-0.05, 0) is 63.4 Å². The number of rotatable bonds is 6. The lowest BCUT2D eigenvalue weighted by Gasteiger charge is -2.26. The van der Waals surface area contributed by atoms with E-state index in [4.69, 9.17) is 15.9 Å². The van der Waals surface area contributed by atoms with Gasteiger partial charge in [0, 0.05) is 23.6 Å². The largest absolute Gasteiger partial charge is 0.508 e. The van der Waals surface area contributed by atoms with Crippen LogP contribution in [0.2, 0.25) is 0 Å². The number of phenolic OH excluding ortho intramolecular Hbond substituents is 1. The predicted octanol–water partition coefficient (Wildman–Crippen LogP) is 4.17. The lowest BCUT2D eigenvalue weighted by Crippen LogP contribution is -2.38. The third-order valence-corrected chi connectivity index (χ3v) is 7.93. The molecule has 1 unspecified atom stereocenters. The van der Waals surface area contributed by atoms with Crippen LogP contribution < -0.4 is 15.6 Å². The second-order valence-electron chi connectivity index (χ2n) is 10.6. The van der Waals surface area contributed by atoms with E-state index in [1.807, 2.05) is 14.0 Å². The van der Waals surface area contributed by atoms with E-state index in [1.54, 1.807) is 0 Å². The number of anilines is 1. The van der Waals surface area contributed by atoms with Crippen molar-refractivity contribution in [2.45, 2.75) is 44.4 Å². The Morgan fingerprint density at radius 3 is 2.80 bits per heavy atom. The molecule has 2 aliphatic rings. The average molecular weight is 562 g/mol. The molecule has 2 saturated heterocycles. The van der Waals surface area contributed by atoms with Gasteiger partial charge >= 0.3 is 6.01 Å². The maximum atomic E-state index is 16.5. The number of aromatic hydroxyl groups is 1. The fourth-order valence-electron chi connectivity index (χ4n) is 5.88. The maximum Gasteiger partial charge on any atom is 0.319 e. The number of terminal acetylenes is 1. The molecule has 0 saturated carbocycles. The van der Waals surface area contributed by atoms with Crippen LogP contribution in [0.5, 0.6) is 11.8 Å². The molecule has 9 nitrogen and oxygen atoms in total. The van der Waals surface area contributed by atoms with Gasteiger partial charge < -0.3 is 24.9 Å². The minimum Gasteiger partial charge on any atom is -0.508 e. The molecule has 2 aliphatic heterocycles. The fraction of sp³-hybridized carbons (Fsp3) is 0.367. The first-order chi connectivity index (χ1) is 19.7. The minimum atomic E-state index is -0.901. The Morgan fingerprint density at radius 1 is 1.27 bits per heavy atom. The quantitative estimate of drug-likeness (QED) is 0.301. The molecule has 0 bridgehead atoms. The summed E-state index contributed by atoms with van der Waals surface area (Å²) in [5, 5.41) is 14.1. The van der Waals surface area contributed by atoms with Crippen molar-refractivity contribution in [1.29, 1.82) is 0 Å². The molecular formula is C30H29F2N5O4. The maximum absolute atomic E-state index is 16.5. The number of hydrogen-bond donors (Lipinski definition) is 3. The van der Waals surface area contributed by atoms with Gasteiger partial charge in [-0.25, -0.2) is 8.78 Å². The zero-order chi connectivity index (χ0) is 28.8. The molecule has 41 heavy (non-hydrogen) atoms. The summed E-state index contributed by atoms with van der Waals surface area (Å²) in [6.45, 7) is 3.80. The van der Waals surface area contributed by atoms with Gasteiger partial charge in [-0.2, -0.15) is 9.97 Å². The number of pyridine rings is 1. The van der Waals surface area contributed by atoms with E-state index in [9.17, 15) is 14.3 Å². The zero-order valence-corrected chi connectivity index (χ0v) is 22.6. The summed E-state index contributed by atoms with van der Waals surface area (Å²) in [5.41, 5.74) is -1.36. The van der Waals surface area contributed by atoms with Gasteiger partial charge in [0.25, 0.3) is 5.56 Å². The van der Waals surface area contributed by atoms with Gasteiger partial charge in [0.2, 0.25) is 0 Å². The Kier molecular flexibility index (Phi) is 6.97. The highest BCUT2D eigenvalue weighted by molar-refractivity contribution is 6.02. The van der Waals surface area contributed by atoms with Crippen molar-refractivity contribution < 1.29 is 23.4 Å². The number of H-pyrrole nitrogens is 1. The van der Waals surface area contributed by atoms with Crippen LogP contribution in [0.15, 0.2) is 29.1 Å². The molecular weight excluding hydrogens is 532 g/mol. The van der Waals surface area contributed by atoms with E-state index in [-0.39, 0.29) is 68.9 Å². The molecule has 2 fully saturated rings. The number of halogens is 2. The number of aromatic nitrogens is 3. The monoisotopic (exact) mass is 561 g/mol. The van der Waals surface area contributed by atoms with Crippen molar-refractivity contribution >= 4 is 27.5 Å². The molecule has 212 valence electrons. The van der Waals surface area contributed by atoms with Crippen molar-refractivity contribution in [3.63, 3.8) is 0 Å². The van der Waals surface area contributed by atoms with Crippen LogP contribution in [-0.4, -0.2) is 70.0 Å². The average Bonchev–Trinajstić information content (AvgIpc) is 3.62. The summed E-state index contributed by atoms with van der Waals surface area (Å²) in [5.74, 6) is 0.621. The van der Waals surface area contributed by atoms with E-state index in [0.717, 1.165) is 19.4 Å². The number of phenols is 1. The fourth-order valence-corrected chi connectivity index (χ4v) is 5.88. The molecule has 2 aromatic carbocycles. The third-order valence-electron chi connectivity index (χ3n) is 7.93. The van der Waals surface area contributed by atoms with Crippen LogP contribution in [0.1, 0.15) is 31.7 Å². The van der Waals surface area contributed by atoms with E-state index < -0.39 is 17.2 Å². The first-order valence-electron chi connectivity index (χ1n) is 13.5. The number of hydrogen-bond acceptors (Lipinski definition) is 8. The van der Waals surface area contributed by atoms with E-state index in [2.05, 4.69) is 31.1 Å². The van der Waals surface area contributed by atoms with Crippen LogP contribution in [0.25, 0.3) is 32.9 Å². The van der Waals surface area contributed by atoms with E-state index in [1.165, 1.54) is 24.3 Å². The molecule has 6 rings (SSSR count). The number of aromatic amines is 1. The summed E-state index contributed by atoms with van der Waals surface area (Å²) >= 11 is 0. The summed E-state index contributed by atoms with van der Waals surface area (Å²) in [7, 11) is 2.02. The Labute approximate surface area is 234 Å². The molecule has 0 radical (unpaired) electrons. The number of benzene rings is 2. The van der Waals surface area contributed by atoms with Gasteiger partial charge in [0.1, 0.15) is 34.4 Å². The topological polar surface area (TPSA) is 113 Å². The Balaban J connectivity index is 1.56. The van der Waals surface area contributed by atoms with Crippen molar-refractivity contribution in [3.05, 3.63) is 51.8 Å². The highest BCUT2D eigenvalue weighted by atomic mass is 19.1. The van der Waals surface area contributed by atoms with Crippen LogP contribution in [0.4, 0.5) is 14.6 Å². The normalized spacial score (nSPS) is 20.0. The number of ether oxygens (including phenoxy) is 2. The Bertz CT molecular complexity index is 1760. The molecule has 11 heteroatoms. The molecule has 2 aromatic heterocycles. The standard InChI is InChI=1S/C30H29F2N5O4/c1-4-19-21(31)8-7-16-12-18(38)13-20(23(16)19)26-25(32)27-24(29(39)34-26)28(33-17-9-11-40-14-17)36-30(35-27)41-15(2)22-6-5-10-37(22)3/h1,7-8,12-13,15,17,22,38H,5-6,9-11,14H2,2-3H3,(H,34,39)(H,33,35,36)/t15-,17?,22-/m0/s1. The van der Waals surface area contributed by atoms with Gasteiger partial charge in [-0.1, -0.05) is 12.0 Å². The summed E-state index contributed by atoms with van der Waals surface area (Å²) in [6, 6.07) is 5.11. The van der Waals surface area contributed by atoms with Crippen LogP contribution in [0, 0.1) is 24.0 Å². The minimum absolute atomic E-state index is 0.0182. The molecule has 3 atom stereocenters. The molecule has 0 spiro atoms. The first-order valence-corrected chi connectivity index (χ1v) is 13.5. The van der Waals surface area contributed by atoms with E-state index >= 15 is 4.39 Å². The van der Waals surface area contributed by atoms with E-state index in [0.29, 0.717) is 25.0 Å². The van der Waals surface area contributed by atoms with Gasteiger partial charge in [0.05, 0.1) is 23.9 Å². The zero-order valence-electron chi connectivity index (χ0n) is 22.6. The molecule has 0 aliphatic carbocycles. The third kappa shape index (κ3) is 4.83. The van der Waals surface area contributed by atoms with Crippen LogP contribution in [0.3, 0.4) is 0 Å². The Morgan fingerprint density at radius 2 is 2.10 bits per heavy atom. The predicted molar refractivity (Wildman–Crippen MR) is 151 cm³/mol. The van der Waals surface area contributed by atoms with Crippen molar-refractivity contribution in [3.8, 4) is 35.4 Å². The smallest absolute Gasteiger partial charge is 0.319 e. The van der Waals surface area contributed by atoms with Gasteiger partial charge in [0.15, 0.2) is 5.82 Å². The highest BCUT2D eigenvalue weighted by Gasteiger charge is 2.30. The van der Waals surface area contributed by atoms with Gasteiger partial charge in [-0.15, -0.1) is 6.42 Å². The van der Waals surface area contributed by atoms with Crippen molar-refractivity contribution in [2.75, 3.05) is 32.1 Å². The molecule has 3 N–H and O–H groups in total. The first kappa shape index (κ1) is 26.9. The second kappa shape index (κ2) is 10.6. The molecule has 4 aromatic rings. The number of likely N-dealkylation sites (tertiary alicyclic amines) is 1. The van der Waals surface area contributed by atoms with Gasteiger partial charge in [-0.3, -0.25) is 9.69 Å². The lowest BCUT2D eigenvalue weighted by molar-refractivity contribution is 0.112.